The summed E-state index contributed by atoms with van der Waals surface area (Å²) in [6.07, 6.45) is 0. The number of anilines is 2. The summed E-state index contributed by atoms with van der Waals surface area (Å²) in [7, 11) is 0. The molecule has 0 atom stereocenters. The Kier molecular flexibility index (Phi) is 5.26. The van der Waals surface area contributed by atoms with Crippen LogP contribution in [0, 0.1) is 5.82 Å². The molecule has 0 aliphatic carbocycles. The van der Waals surface area contributed by atoms with E-state index in [2.05, 4.69) is 19.8 Å². The maximum Gasteiger partial charge on any atom is 0.388 e. The van der Waals surface area contributed by atoms with E-state index in [1.165, 1.54) is 34.6 Å². The Bertz CT molecular complexity index is 801. The molecule has 2 aromatic rings. The molecule has 3 rings (SSSR count). The summed E-state index contributed by atoms with van der Waals surface area (Å²) in [5.41, 5.74) is 0.303. The second-order valence-electron chi connectivity index (χ2n) is 5.19. The number of amides is 1. The van der Waals surface area contributed by atoms with E-state index in [0.717, 1.165) is 12.1 Å². The molecular formula is C15H13F3N4O3S. The molecule has 1 aromatic heterocycles. The van der Waals surface area contributed by atoms with E-state index in [1.807, 2.05) is 0 Å². The van der Waals surface area contributed by atoms with Crippen molar-refractivity contribution in [1.29, 1.82) is 0 Å². The Hall–Kier alpha value is -2.82. The lowest BCUT2D eigenvalue weighted by Gasteiger charge is -2.17. The van der Waals surface area contributed by atoms with Crippen LogP contribution in [-0.4, -0.2) is 29.2 Å². The number of carbonyl (C=O) groups is 1. The van der Waals surface area contributed by atoms with Gasteiger partial charge in [-0.1, -0.05) is 6.07 Å². The molecule has 0 bridgehead atoms. The van der Waals surface area contributed by atoms with Crippen LogP contribution in [0.2, 0.25) is 0 Å². The van der Waals surface area contributed by atoms with Gasteiger partial charge in [0.1, 0.15) is 23.8 Å². The lowest BCUT2D eigenvalue weighted by Crippen LogP contribution is -2.16. The second kappa shape index (κ2) is 7.60. The molecule has 1 fully saturated rings. The first kappa shape index (κ1) is 18.0. The summed E-state index contributed by atoms with van der Waals surface area (Å²) in [5, 5.41) is 12.9. The zero-order valence-electron chi connectivity index (χ0n) is 13.1. The van der Waals surface area contributed by atoms with Gasteiger partial charge in [-0.15, -0.1) is 0 Å². The van der Waals surface area contributed by atoms with Crippen LogP contribution >= 0.6 is 12.1 Å². The van der Waals surface area contributed by atoms with Crippen LogP contribution in [0.1, 0.15) is 5.56 Å². The lowest BCUT2D eigenvalue weighted by atomic mass is 10.1. The van der Waals surface area contributed by atoms with Crippen molar-refractivity contribution < 1.29 is 27.8 Å². The normalized spacial score (nSPS) is 13.8. The van der Waals surface area contributed by atoms with Gasteiger partial charge in [0.15, 0.2) is 5.82 Å². The fourth-order valence-corrected chi connectivity index (χ4v) is 3.01. The van der Waals surface area contributed by atoms with Crippen molar-refractivity contribution in [3.8, 4) is 11.6 Å². The third-order valence-electron chi connectivity index (χ3n) is 3.32. The first-order chi connectivity index (χ1) is 12.4. The number of aromatic nitrogens is 1. The number of pyridine rings is 1. The van der Waals surface area contributed by atoms with Gasteiger partial charge in [0.05, 0.1) is 12.1 Å². The smallest absolute Gasteiger partial charge is 0.388 e. The maximum absolute atomic E-state index is 14.3. The van der Waals surface area contributed by atoms with Gasteiger partial charge in [-0.25, -0.2) is 4.39 Å². The quantitative estimate of drug-likeness (QED) is 0.658. The van der Waals surface area contributed by atoms with Crippen molar-refractivity contribution in [2.45, 2.75) is 13.2 Å². The second-order valence-corrected chi connectivity index (χ2v) is 6.02. The highest BCUT2D eigenvalue weighted by Crippen LogP contribution is 2.36. The van der Waals surface area contributed by atoms with Gasteiger partial charge in [0.25, 0.3) is 5.91 Å². The zero-order valence-corrected chi connectivity index (χ0v) is 13.9. The zero-order chi connectivity index (χ0) is 18.7. The molecule has 1 aliphatic heterocycles. The first-order valence-corrected chi connectivity index (χ1v) is 8.10. The van der Waals surface area contributed by atoms with Crippen molar-refractivity contribution in [2.75, 3.05) is 16.2 Å². The molecule has 1 aliphatic rings. The van der Waals surface area contributed by atoms with Gasteiger partial charge in [0, 0.05) is 12.6 Å². The molecule has 0 saturated carbocycles. The summed E-state index contributed by atoms with van der Waals surface area (Å²) >= 11 is 0.887. The number of nitrogens with one attached hydrogen (secondary N) is 2. The molecule has 3 N–H and O–H groups in total. The highest BCUT2D eigenvalue weighted by Gasteiger charge is 2.26. The van der Waals surface area contributed by atoms with Crippen LogP contribution in [0.15, 0.2) is 30.3 Å². The van der Waals surface area contributed by atoms with Crippen molar-refractivity contribution in [2.24, 2.45) is 0 Å². The van der Waals surface area contributed by atoms with E-state index < -0.39 is 12.4 Å². The SMILES string of the molecule is O=C1CN(c2c(O)cc(CNc3cccc(OC(F)F)n3)cc2F)SN1. The molecule has 1 amide bonds. The summed E-state index contributed by atoms with van der Waals surface area (Å²) in [6, 6.07) is 6.82. The Labute approximate surface area is 150 Å². The van der Waals surface area contributed by atoms with Crippen LogP contribution in [-0.2, 0) is 11.3 Å². The third kappa shape index (κ3) is 4.23. The van der Waals surface area contributed by atoms with Crippen LogP contribution < -0.4 is 19.1 Å². The molecular weight excluding hydrogens is 373 g/mol. The molecule has 1 aromatic carbocycles. The molecule has 7 nitrogen and oxygen atoms in total. The fourth-order valence-electron chi connectivity index (χ4n) is 2.28. The number of ether oxygens (including phenoxy) is 1. The van der Waals surface area contributed by atoms with Gasteiger partial charge in [0.2, 0.25) is 5.88 Å². The monoisotopic (exact) mass is 386 g/mol. The summed E-state index contributed by atoms with van der Waals surface area (Å²) < 4.78 is 46.7. The predicted molar refractivity (Wildman–Crippen MR) is 89.3 cm³/mol. The molecule has 138 valence electrons. The van der Waals surface area contributed by atoms with Crippen molar-refractivity contribution >= 4 is 29.5 Å². The van der Waals surface area contributed by atoms with Crippen LogP contribution in [0.5, 0.6) is 11.6 Å². The fraction of sp³-hybridized carbons (Fsp3) is 0.200. The largest absolute Gasteiger partial charge is 0.506 e. The van der Waals surface area contributed by atoms with Gasteiger partial charge < -0.3 is 15.2 Å². The minimum absolute atomic E-state index is 0.0758. The number of rotatable bonds is 6. The number of hydrogen-bond donors (Lipinski definition) is 3. The maximum atomic E-state index is 14.3. The minimum atomic E-state index is -2.99. The molecule has 11 heteroatoms. The van der Waals surface area contributed by atoms with Crippen molar-refractivity contribution in [3.05, 3.63) is 41.7 Å². The molecule has 0 unspecified atom stereocenters. The van der Waals surface area contributed by atoms with Crippen molar-refractivity contribution in [1.82, 2.24) is 9.71 Å². The molecule has 0 spiro atoms. The first-order valence-electron chi connectivity index (χ1n) is 7.33. The number of phenolic OH excluding ortho intramolecular Hbond substituents is 1. The highest BCUT2D eigenvalue weighted by molar-refractivity contribution is 7.99. The lowest BCUT2D eigenvalue weighted by molar-refractivity contribution is -0.117. The van der Waals surface area contributed by atoms with E-state index in [-0.39, 0.29) is 42.1 Å². The molecule has 1 saturated heterocycles. The van der Waals surface area contributed by atoms with Crippen LogP contribution in [0.3, 0.4) is 0 Å². The number of hydrogen-bond acceptors (Lipinski definition) is 7. The number of nitrogens with zero attached hydrogens (tertiary/aromatic N) is 2. The Morgan fingerprint density at radius 1 is 1.42 bits per heavy atom. The number of benzene rings is 1. The average molecular weight is 386 g/mol. The van der Waals surface area contributed by atoms with E-state index in [1.54, 1.807) is 0 Å². The van der Waals surface area contributed by atoms with Crippen LogP contribution in [0.4, 0.5) is 24.7 Å². The van der Waals surface area contributed by atoms with Gasteiger partial charge in [-0.05, 0) is 23.8 Å². The number of aromatic hydroxyl groups is 1. The number of phenols is 1. The Balaban J connectivity index is 1.70. The topological polar surface area (TPSA) is 86.7 Å². The van der Waals surface area contributed by atoms with Gasteiger partial charge >= 0.3 is 6.61 Å². The molecule has 0 radical (unpaired) electrons. The summed E-state index contributed by atoms with van der Waals surface area (Å²) in [4.78, 5) is 15.1. The Morgan fingerprint density at radius 3 is 2.88 bits per heavy atom. The Morgan fingerprint density at radius 2 is 2.23 bits per heavy atom. The van der Waals surface area contributed by atoms with Crippen LogP contribution in [0.25, 0.3) is 0 Å². The standard InChI is InChI=1S/C15H13F3N4O3S/c16-9-4-8(5-10(23)14(9)22-7-12(24)21-26-22)6-19-11-2-1-3-13(20-11)25-15(17)18/h1-5,15,23H,6-7H2,(H,19,20)(H,21,24). The highest BCUT2D eigenvalue weighted by atomic mass is 32.2. The minimum Gasteiger partial charge on any atom is -0.506 e. The van der Waals surface area contributed by atoms with E-state index >= 15 is 0 Å². The van der Waals surface area contributed by atoms with E-state index in [0.29, 0.717) is 5.56 Å². The van der Waals surface area contributed by atoms with E-state index in [9.17, 15) is 23.1 Å². The molecule has 2 heterocycles. The summed E-state index contributed by atoms with van der Waals surface area (Å²) in [6.45, 7) is -2.98. The van der Waals surface area contributed by atoms with E-state index in [4.69, 9.17) is 0 Å². The average Bonchev–Trinajstić information content (AvgIpc) is 2.98. The number of alkyl halides is 2. The molecule has 26 heavy (non-hydrogen) atoms. The van der Waals surface area contributed by atoms with Crippen molar-refractivity contribution in [3.63, 3.8) is 0 Å². The van der Waals surface area contributed by atoms with Gasteiger partial charge in [-0.3, -0.25) is 13.8 Å². The number of halogens is 3. The predicted octanol–water partition coefficient (Wildman–Crippen LogP) is 2.64. The van der Waals surface area contributed by atoms with Gasteiger partial charge in [-0.2, -0.15) is 13.8 Å². The summed E-state index contributed by atoms with van der Waals surface area (Å²) in [5.74, 6) is -1.33. The third-order valence-corrected chi connectivity index (χ3v) is 4.17. The number of carbonyl (C=O) groups excluding carboxylic acids is 1.